The van der Waals surface area contributed by atoms with Crippen LogP contribution in [0.1, 0.15) is 25.5 Å². The molecule has 1 aliphatic rings. The molecule has 1 heterocycles. The van der Waals surface area contributed by atoms with E-state index in [0.29, 0.717) is 30.6 Å². The number of hydrogen-bond acceptors (Lipinski definition) is 4. The second-order valence-corrected chi connectivity index (χ2v) is 9.70. The number of rotatable bonds is 7. The quantitative estimate of drug-likeness (QED) is 0.525. The average Bonchev–Trinajstić information content (AvgIpc) is 2.62. The highest BCUT2D eigenvalue weighted by molar-refractivity contribution is 7.99. The maximum atomic E-state index is 12.4. The number of guanidine groups is 1. The lowest BCUT2D eigenvalue weighted by Crippen LogP contribution is -2.41. The Morgan fingerprint density at radius 1 is 1.35 bits per heavy atom. The summed E-state index contributed by atoms with van der Waals surface area (Å²) in [5, 5.41) is 7.12. The lowest BCUT2D eigenvalue weighted by atomic mass is 10.1. The minimum Gasteiger partial charge on any atom is -0.357 e. The third-order valence-corrected chi connectivity index (χ3v) is 7.19. The number of nitrogens with one attached hydrogen (secondary N) is 2. The molecule has 1 aliphatic heterocycles. The number of nitrogens with zero attached hydrogens (tertiary/aromatic N) is 2. The number of thioether (sulfide) groups is 1. The van der Waals surface area contributed by atoms with Crippen molar-refractivity contribution in [3.63, 3.8) is 0 Å². The van der Waals surface area contributed by atoms with E-state index in [4.69, 9.17) is 11.6 Å². The van der Waals surface area contributed by atoms with E-state index in [2.05, 4.69) is 15.6 Å². The molecule has 1 aromatic rings. The molecular formula is C17H27ClN4O2S2. The highest BCUT2D eigenvalue weighted by Gasteiger charge is 2.23. The van der Waals surface area contributed by atoms with Crippen molar-refractivity contribution >= 4 is 39.3 Å². The maximum absolute atomic E-state index is 12.4. The lowest BCUT2D eigenvalue weighted by Gasteiger charge is -2.25. The minimum absolute atomic E-state index is 0.0225. The van der Waals surface area contributed by atoms with Crippen LogP contribution in [0.4, 0.5) is 0 Å². The van der Waals surface area contributed by atoms with E-state index in [9.17, 15) is 8.42 Å². The Morgan fingerprint density at radius 2 is 2.04 bits per heavy atom. The Bertz CT molecular complexity index is 706. The molecule has 0 saturated carbocycles. The summed E-state index contributed by atoms with van der Waals surface area (Å²) in [5.74, 6) is 2.34. The Kier molecular flexibility index (Phi) is 8.53. The normalized spacial score (nSPS) is 17.7. The van der Waals surface area contributed by atoms with Crippen molar-refractivity contribution in [3.05, 3.63) is 34.9 Å². The third kappa shape index (κ3) is 6.33. The fourth-order valence-corrected chi connectivity index (χ4v) is 5.41. The fourth-order valence-electron chi connectivity index (χ4n) is 2.66. The van der Waals surface area contributed by atoms with Crippen LogP contribution in [-0.4, -0.2) is 62.1 Å². The molecular weight excluding hydrogens is 392 g/mol. The van der Waals surface area contributed by atoms with Gasteiger partial charge in [0.05, 0.1) is 18.3 Å². The van der Waals surface area contributed by atoms with E-state index >= 15 is 0 Å². The number of sulfonamides is 1. The largest absolute Gasteiger partial charge is 0.357 e. The van der Waals surface area contributed by atoms with Crippen molar-refractivity contribution in [2.75, 3.05) is 43.4 Å². The van der Waals surface area contributed by atoms with Crippen LogP contribution < -0.4 is 10.6 Å². The molecule has 2 N–H and O–H groups in total. The van der Waals surface area contributed by atoms with Crippen molar-refractivity contribution in [2.24, 2.45) is 4.99 Å². The predicted octanol–water partition coefficient (Wildman–Crippen LogP) is 2.33. The number of benzene rings is 1. The van der Waals surface area contributed by atoms with Crippen molar-refractivity contribution < 1.29 is 8.42 Å². The third-order valence-electron chi connectivity index (χ3n) is 4.05. The summed E-state index contributed by atoms with van der Waals surface area (Å²) >= 11 is 8.03. The molecule has 9 heteroatoms. The standard InChI is InChI=1S/C17H27ClN4O2S2/c1-3-19-17(21-14(2)15-6-4-5-7-16(15)18)20-8-13-26(23,24)22-9-11-25-12-10-22/h4-7,14H,3,8-13H2,1-2H3,(H2,19,20,21). The van der Waals surface area contributed by atoms with Crippen molar-refractivity contribution in [1.82, 2.24) is 14.9 Å². The Labute approximate surface area is 165 Å². The Balaban J connectivity index is 1.96. The summed E-state index contributed by atoms with van der Waals surface area (Å²) in [6.07, 6.45) is 0. The second kappa shape index (κ2) is 10.4. The first-order valence-electron chi connectivity index (χ1n) is 8.79. The van der Waals surface area contributed by atoms with Gasteiger partial charge in [0.2, 0.25) is 10.0 Å². The molecule has 0 spiro atoms. The second-order valence-electron chi connectivity index (χ2n) is 5.98. The van der Waals surface area contributed by atoms with Crippen LogP contribution in [-0.2, 0) is 10.0 Å². The van der Waals surface area contributed by atoms with Crippen LogP contribution in [0.3, 0.4) is 0 Å². The first-order chi connectivity index (χ1) is 12.4. The predicted molar refractivity (Wildman–Crippen MR) is 112 cm³/mol. The van der Waals surface area contributed by atoms with Gasteiger partial charge < -0.3 is 10.6 Å². The van der Waals surface area contributed by atoms with Gasteiger partial charge in [-0.2, -0.15) is 11.8 Å². The van der Waals surface area contributed by atoms with Crippen LogP contribution in [0.25, 0.3) is 0 Å². The first-order valence-corrected chi connectivity index (χ1v) is 11.9. The summed E-state index contributed by atoms with van der Waals surface area (Å²) < 4.78 is 26.4. The maximum Gasteiger partial charge on any atom is 0.215 e. The lowest BCUT2D eigenvalue weighted by molar-refractivity contribution is 0.444. The molecule has 1 unspecified atom stereocenters. The Hall–Kier alpha value is -0.960. The number of aliphatic imine (C=N–C) groups is 1. The van der Waals surface area contributed by atoms with E-state index in [-0.39, 0.29) is 18.3 Å². The molecule has 6 nitrogen and oxygen atoms in total. The van der Waals surface area contributed by atoms with Crippen LogP contribution in [0, 0.1) is 0 Å². The molecule has 0 bridgehead atoms. The van der Waals surface area contributed by atoms with Crippen molar-refractivity contribution in [1.29, 1.82) is 0 Å². The average molecular weight is 419 g/mol. The van der Waals surface area contributed by atoms with Crippen molar-refractivity contribution in [2.45, 2.75) is 19.9 Å². The highest BCUT2D eigenvalue weighted by Crippen LogP contribution is 2.22. The SMILES string of the molecule is CCNC(=NCCS(=O)(=O)N1CCSCC1)NC(C)c1ccccc1Cl. The molecule has 1 fully saturated rings. The number of hydrogen-bond donors (Lipinski definition) is 2. The van der Waals surface area contributed by atoms with Gasteiger partial charge in [-0.05, 0) is 25.5 Å². The fraction of sp³-hybridized carbons (Fsp3) is 0.588. The van der Waals surface area contributed by atoms with Gasteiger partial charge in [0, 0.05) is 36.2 Å². The molecule has 1 atom stereocenters. The van der Waals surface area contributed by atoms with Crippen LogP contribution in [0.15, 0.2) is 29.3 Å². The molecule has 1 aromatic carbocycles. The van der Waals surface area contributed by atoms with E-state index in [1.807, 2.05) is 38.1 Å². The molecule has 0 aromatic heterocycles. The van der Waals surface area contributed by atoms with Crippen LogP contribution >= 0.6 is 23.4 Å². The first kappa shape index (κ1) is 21.3. The van der Waals surface area contributed by atoms with Gasteiger partial charge in [-0.15, -0.1) is 0 Å². The summed E-state index contributed by atoms with van der Waals surface area (Å²) in [7, 11) is -3.25. The molecule has 0 radical (unpaired) electrons. The van der Waals surface area contributed by atoms with Gasteiger partial charge >= 0.3 is 0 Å². The molecule has 2 rings (SSSR count). The van der Waals surface area contributed by atoms with Crippen LogP contribution in [0.5, 0.6) is 0 Å². The molecule has 1 saturated heterocycles. The number of halogens is 1. The van der Waals surface area contributed by atoms with Crippen molar-refractivity contribution in [3.8, 4) is 0 Å². The Morgan fingerprint density at radius 3 is 2.69 bits per heavy atom. The zero-order valence-electron chi connectivity index (χ0n) is 15.2. The summed E-state index contributed by atoms with van der Waals surface area (Å²) in [6, 6.07) is 7.59. The van der Waals surface area contributed by atoms with Crippen LogP contribution in [0.2, 0.25) is 5.02 Å². The zero-order valence-corrected chi connectivity index (χ0v) is 17.6. The van der Waals surface area contributed by atoms with E-state index in [1.54, 1.807) is 16.1 Å². The van der Waals surface area contributed by atoms with Gasteiger partial charge in [0.1, 0.15) is 0 Å². The minimum atomic E-state index is -3.25. The molecule has 26 heavy (non-hydrogen) atoms. The van der Waals surface area contributed by atoms with E-state index < -0.39 is 10.0 Å². The zero-order chi connectivity index (χ0) is 19.0. The monoisotopic (exact) mass is 418 g/mol. The highest BCUT2D eigenvalue weighted by atomic mass is 35.5. The summed E-state index contributed by atoms with van der Waals surface area (Å²) in [5.41, 5.74) is 0.971. The molecule has 146 valence electrons. The summed E-state index contributed by atoms with van der Waals surface area (Å²) in [6.45, 7) is 6.07. The summed E-state index contributed by atoms with van der Waals surface area (Å²) in [4.78, 5) is 4.43. The molecule has 0 amide bonds. The van der Waals surface area contributed by atoms with Gasteiger partial charge in [-0.1, -0.05) is 29.8 Å². The topological polar surface area (TPSA) is 73.8 Å². The smallest absolute Gasteiger partial charge is 0.215 e. The van der Waals surface area contributed by atoms with E-state index in [1.165, 1.54) is 0 Å². The molecule has 0 aliphatic carbocycles. The van der Waals surface area contributed by atoms with Gasteiger partial charge in [-0.3, -0.25) is 4.99 Å². The van der Waals surface area contributed by atoms with E-state index in [0.717, 1.165) is 17.1 Å². The van der Waals surface area contributed by atoms with Gasteiger partial charge in [-0.25, -0.2) is 12.7 Å². The van der Waals surface area contributed by atoms with Gasteiger partial charge in [0.15, 0.2) is 5.96 Å². The van der Waals surface area contributed by atoms with Gasteiger partial charge in [0.25, 0.3) is 0 Å².